The molecule has 0 aromatic heterocycles. The van der Waals surface area contributed by atoms with Crippen molar-refractivity contribution in [3.63, 3.8) is 0 Å². The lowest BCUT2D eigenvalue weighted by Gasteiger charge is -2.32. The van der Waals surface area contributed by atoms with Crippen molar-refractivity contribution in [3.05, 3.63) is 35.9 Å². The van der Waals surface area contributed by atoms with Gasteiger partial charge in [0.05, 0.1) is 18.1 Å². The second kappa shape index (κ2) is 6.16. The van der Waals surface area contributed by atoms with Crippen LogP contribution >= 0.6 is 0 Å². The molecule has 2 heterocycles. The van der Waals surface area contributed by atoms with Crippen LogP contribution in [0.1, 0.15) is 25.8 Å². The quantitative estimate of drug-likeness (QED) is 0.918. The number of fused-ring (bicyclic) bond motifs is 2. The molecule has 114 valence electrons. The average Bonchev–Trinajstić information content (AvgIpc) is 2.74. The summed E-state index contributed by atoms with van der Waals surface area (Å²) >= 11 is 0. The zero-order valence-corrected chi connectivity index (χ0v) is 12.8. The van der Waals surface area contributed by atoms with E-state index in [1.54, 1.807) is 0 Å². The van der Waals surface area contributed by atoms with Crippen molar-refractivity contribution in [1.29, 1.82) is 0 Å². The van der Waals surface area contributed by atoms with Crippen LogP contribution in [0.5, 0.6) is 0 Å². The Balaban J connectivity index is 1.61. The van der Waals surface area contributed by atoms with Crippen molar-refractivity contribution >= 4 is 5.91 Å². The van der Waals surface area contributed by atoms with Crippen LogP contribution in [0, 0.1) is 5.92 Å². The SMILES string of the molecule is CC(C)NC(=O)[C@@H]1C[C@H]2CN(Cc3ccccc3)C[C@@H]1O2. The number of carbonyl (C=O) groups is 1. The third-order valence-corrected chi connectivity index (χ3v) is 4.25. The molecule has 1 aromatic carbocycles. The van der Waals surface area contributed by atoms with Crippen molar-refractivity contribution in [2.24, 2.45) is 5.92 Å². The summed E-state index contributed by atoms with van der Waals surface area (Å²) in [4.78, 5) is 14.7. The summed E-state index contributed by atoms with van der Waals surface area (Å²) in [5.74, 6) is 0.164. The number of amides is 1. The van der Waals surface area contributed by atoms with Crippen LogP contribution in [0.4, 0.5) is 0 Å². The fourth-order valence-corrected chi connectivity index (χ4v) is 3.38. The van der Waals surface area contributed by atoms with Crippen LogP contribution in [-0.2, 0) is 16.1 Å². The molecule has 0 unspecified atom stereocenters. The number of nitrogens with zero attached hydrogens (tertiary/aromatic N) is 1. The smallest absolute Gasteiger partial charge is 0.226 e. The maximum atomic E-state index is 12.3. The fraction of sp³-hybridized carbons (Fsp3) is 0.588. The van der Waals surface area contributed by atoms with E-state index in [2.05, 4.69) is 34.5 Å². The molecule has 3 rings (SSSR count). The molecular formula is C17H24N2O2. The Morgan fingerprint density at radius 3 is 2.81 bits per heavy atom. The molecule has 0 aliphatic carbocycles. The van der Waals surface area contributed by atoms with Crippen molar-refractivity contribution in [2.45, 2.75) is 45.1 Å². The summed E-state index contributed by atoms with van der Waals surface area (Å²) in [5.41, 5.74) is 1.32. The standard InChI is InChI=1S/C17H24N2O2/c1-12(2)18-17(20)15-8-14-10-19(11-16(15)21-14)9-13-6-4-3-5-7-13/h3-7,12,14-16H,8-11H2,1-2H3,(H,18,20)/t14-,15+,16-/m0/s1. The van der Waals surface area contributed by atoms with Crippen LogP contribution in [0.25, 0.3) is 0 Å². The van der Waals surface area contributed by atoms with Crippen LogP contribution in [0.15, 0.2) is 30.3 Å². The lowest BCUT2D eigenvalue weighted by Crippen LogP contribution is -2.45. The van der Waals surface area contributed by atoms with Gasteiger partial charge in [-0.3, -0.25) is 9.69 Å². The zero-order valence-electron chi connectivity index (χ0n) is 12.8. The Labute approximate surface area is 126 Å². The number of hydrogen-bond acceptors (Lipinski definition) is 3. The highest BCUT2D eigenvalue weighted by Gasteiger charge is 2.44. The molecule has 2 bridgehead atoms. The molecule has 0 radical (unpaired) electrons. The first-order chi connectivity index (χ1) is 10.1. The number of nitrogens with one attached hydrogen (secondary N) is 1. The van der Waals surface area contributed by atoms with Gasteiger partial charge in [-0.1, -0.05) is 30.3 Å². The molecule has 1 aromatic rings. The zero-order chi connectivity index (χ0) is 14.8. The lowest BCUT2D eigenvalue weighted by molar-refractivity contribution is -0.128. The van der Waals surface area contributed by atoms with E-state index in [9.17, 15) is 4.79 Å². The minimum absolute atomic E-state index is 0.0122. The van der Waals surface area contributed by atoms with Crippen LogP contribution < -0.4 is 5.32 Å². The lowest BCUT2D eigenvalue weighted by atomic mass is 9.99. The monoisotopic (exact) mass is 288 g/mol. The average molecular weight is 288 g/mol. The van der Waals surface area contributed by atoms with E-state index in [1.807, 2.05) is 19.9 Å². The largest absolute Gasteiger partial charge is 0.371 e. The summed E-state index contributed by atoms with van der Waals surface area (Å²) in [6.07, 6.45) is 1.11. The molecule has 4 heteroatoms. The Hall–Kier alpha value is -1.39. The first-order valence-corrected chi connectivity index (χ1v) is 7.84. The number of hydrogen-bond donors (Lipinski definition) is 1. The van der Waals surface area contributed by atoms with Gasteiger partial charge in [-0.05, 0) is 25.8 Å². The molecule has 0 spiro atoms. The van der Waals surface area contributed by atoms with Gasteiger partial charge < -0.3 is 10.1 Å². The van der Waals surface area contributed by atoms with E-state index >= 15 is 0 Å². The van der Waals surface area contributed by atoms with Gasteiger partial charge in [-0.25, -0.2) is 0 Å². The van der Waals surface area contributed by atoms with Crippen molar-refractivity contribution in [3.8, 4) is 0 Å². The predicted molar refractivity (Wildman–Crippen MR) is 81.8 cm³/mol. The summed E-state index contributed by atoms with van der Waals surface area (Å²) in [5, 5.41) is 3.02. The van der Waals surface area contributed by atoms with E-state index < -0.39 is 0 Å². The van der Waals surface area contributed by atoms with Crippen molar-refractivity contribution in [1.82, 2.24) is 10.2 Å². The van der Waals surface area contributed by atoms with Gasteiger partial charge in [0.25, 0.3) is 0 Å². The van der Waals surface area contributed by atoms with Gasteiger partial charge in [0.2, 0.25) is 5.91 Å². The van der Waals surface area contributed by atoms with Gasteiger partial charge in [0.1, 0.15) is 0 Å². The minimum atomic E-state index is 0.0122. The van der Waals surface area contributed by atoms with E-state index in [1.165, 1.54) is 5.56 Å². The summed E-state index contributed by atoms with van der Waals surface area (Å²) in [6, 6.07) is 10.7. The van der Waals surface area contributed by atoms with E-state index in [4.69, 9.17) is 4.74 Å². The second-order valence-corrected chi connectivity index (χ2v) is 6.48. The molecule has 2 aliphatic heterocycles. The second-order valence-electron chi connectivity index (χ2n) is 6.48. The van der Waals surface area contributed by atoms with Crippen LogP contribution in [0.3, 0.4) is 0 Å². The van der Waals surface area contributed by atoms with Crippen LogP contribution in [0.2, 0.25) is 0 Å². The Bertz CT molecular complexity index is 489. The third kappa shape index (κ3) is 3.44. The number of benzene rings is 1. The van der Waals surface area contributed by atoms with Gasteiger partial charge in [0, 0.05) is 25.7 Å². The van der Waals surface area contributed by atoms with Crippen LogP contribution in [-0.4, -0.2) is 42.1 Å². The molecule has 2 fully saturated rings. The Morgan fingerprint density at radius 1 is 1.33 bits per heavy atom. The molecule has 21 heavy (non-hydrogen) atoms. The fourth-order valence-electron chi connectivity index (χ4n) is 3.38. The molecule has 0 saturated carbocycles. The normalized spacial score (nSPS) is 28.8. The number of ether oxygens (including phenoxy) is 1. The van der Waals surface area contributed by atoms with Gasteiger partial charge in [0.15, 0.2) is 0 Å². The van der Waals surface area contributed by atoms with Crippen molar-refractivity contribution < 1.29 is 9.53 Å². The Morgan fingerprint density at radius 2 is 2.10 bits per heavy atom. The van der Waals surface area contributed by atoms with Gasteiger partial charge in [-0.2, -0.15) is 0 Å². The number of likely N-dealkylation sites (tertiary alicyclic amines) is 1. The summed E-state index contributed by atoms with van der Waals surface area (Å²) < 4.78 is 5.98. The first kappa shape index (κ1) is 14.5. The van der Waals surface area contributed by atoms with Gasteiger partial charge >= 0.3 is 0 Å². The minimum Gasteiger partial charge on any atom is -0.371 e. The predicted octanol–water partition coefficient (Wildman–Crippen LogP) is 1.80. The van der Waals surface area contributed by atoms with E-state index in [-0.39, 0.29) is 30.1 Å². The summed E-state index contributed by atoms with van der Waals surface area (Å²) in [6.45, 7) is 6.72. The number of morpholine rings is 1. The maximum absolute atomic E-state index is 12.3. The molecular weight excluding hydrogens is 264 g/mol. The molecule has 2 saturated heterocycles. The topological polar surface area (TPSA) is 41.6 Å². The molecule has 1 N–H and O–H groups in total. The van der Waals surface area contributed by atoms with E-state index in [0.717, 1.165) is 26.1 Å². The van der Waals surface area contributed by atoms with Crippen molar-refractivity contribution in [2.75, 3.05) is 13.1 Å². The molecule has 2 aliphatic rings. The molecule has 4 nitrogen and oxygen atoms in total. The molecule has 1 amide bonds. The highest BCUT2D eigenvalue weighted by Crippen LogP contribution is 2.32. The summed E-state index contributed by atoms with van der Waals surface area (Å²) in [7, 11) is 0. The Kier molecular flexibility index (Phi) is 4.27. The van der Waals surface area contributed by atoms with Gasteiger partial charge in [-0.15, -0.1) is 0 Å². The highest BCUT2D eigenvalue weighted by molar-refractivity contribution is 5.80. The third-order valence-electron chi connectivity index (χ3n) is 4.25. The molecule has 3 atom stereocenters. The first-order valence-electron chi connectivity index (χ1n) is 7.84. The van der Waals surface area contributed by atoms with E-state index in [0.29, 0.717) is 0 Å². The highest BCUT2D eigenvalue weighted by atomic mass is 16.5. The maximum Gasteiger partial charge on any atom is 0.226 e. The number of rotatable bonds is 4. The number of carbonyl (C=O) groups excluding carboxylic acids is 1.